The molecule has 2 aliphatic heterocycles. The topological polar surface area (TPSA) is 50.8 Å². The van der Waals surface area contributed by atoms with Crippen molar-refractivity contribution in [1.29, 1.82) is 0 Å². The minimum absolute atomic E-state index is 0.0795. The summed E-state index contributed by atoms with van der Waals surface area (Å²) in [6.07, 6.45) is 1.07. The van der Waals surface area contributed by atoms with Crippen molar-refractivity contribution in [3.63, 3.8) is 0 Å². The molecule has 0 spiro atoms. The summed E-state index contributed by atoms with van der Waals surface area (Å²) in [5, 5.41) is 3.22. The molecule has 138 valence electrons. The smallest absolute Gasteiger partial charge is 0.230 e. The van der Waals surface area contributed by atoms with Crippen LogP contribution in [-0.4, -0.2) is 62.9 Å². The van der Waals surface area contributed by atoms with Crippen LogP contribution in [0.1, 0.15) is 25.8 Å². The lowest BCUT2D eigenvalue weighted by Gasteiger charge is -2.38. The molecule has 1 N–H and O–H groups in total. The Labute approximate surface area is 150 Å². The molecular formula is C20H30N2O3. The van der Waals surface area contributed by atoms with E-state index in [1.807, 2.05) is 44.2 Å². The molecule has 2 fully saturated rings. The molecule has 0 aromatic heterocycles. The van der Waals surface area contributed by atoms with Crippen molar-refractivity contribution in [3.8, 4) is 0 Å². The van der Waals surface area contributed by atoms with E-state index in [0.29, 0.717) is 18.5 Å². The molecule has 1 amide bonds. The van der Waals surface area contributed by atoms with Crippen molar-refractivity contribution >= 4 is 5.91 Å². The van der Waals surface area contributed by atoms with Crippen LogP contribution < -0.4 is 5.32 Å². The third-order valence-electron chi connectivity index (χ3n) is 5.56. The van der Waals surface area contributed by atoms with E-state index in [2.05, 4.69) is 10.2 Å². The lowest BCUT2D eigenvalue weighted by Crippen LogP contribution is -2.54. The molecule has 2 saturated heterocycles. The van der Waals surface area contributed by atoms with E-state index in [1.165, 1.54) is 0 Å². The summed E-state index contributed by atoms with van der Waals surface area (Å²) in [5.41, 5.74) is 0.503. The Bertz CT molecular complexity index is 549. The number of benzene rings is 1. The summed E-state index contributed by atoms with van der Waals surface area (Å²) in [4.78, 5) is 15.3. The Morgan fingerprint density at radius 2 is 1.92 bits per heavy atom. The highest BCUT2D eigenvalue weighted by molar-refractivity contribution is 5.87. The van der Waals surface area contributed by atoms with Gasteiger partial charge in [0.1, 0.15) is 0 Å². The van der Waals surface area contributed by atoms with Crippen LogP contribution in [0.5, 0.6) is 0 Å². The minimum atomic E-state index is -0.539. The van der Waals surface area contributed by atoms with E-state index in [9.17, 15) is 4.79 Å². The maximum atomic E-state index is 12.9. The number of ether oxygens (including phenoxy) is 2. The molecule has 0 saturated carbocycles. The number of rotatable bonds is 6. The summed E-state index contributed by atoms with van der Waals surface area (Å²) >= 11 is 0. The Morgan fingerprint density at radius 1 is 1.20 bits per heavy atom. The average molecular weight is 346 g/mol. The number of nitrogens with zero attached hydrogens (tertiary/aromatic N) is 1. The summed E-state index contributed by atoms with van der Waals surface area (Å²) < 4.78 is 11.1. The van der Waals surface area contributed by atoms with Gasteiger partial charge in [-0.3, -0.25) is 9.69 Å². The van der Waals surface area contributed by atoms with Gasteiger partial charge in [0.25, 0.3) is 0 Å². The first-order valence-corrected chi connectivity index (χ1v) is 9.32. The second-order valence-electron chi connectivity index (χ2n) is 7.54. The molecule has 0 bridgehead atoms. The third-order valence-corrected chi connectivity index (χ3v) is 5.56. The van der Waals surface area contributed by atoms with Gasteiger partial charge in [-0.25, -0.2) is 0 Å². The maximum absolute atomic E-state index is 12.9. The molecule has 2 aliphatic rings. The van der Waals surface area contributed by atoms with Gasteiger partial charge in [-0.1, -0.05) is 30.3 Å². The lowest BCUT2D eigenvalue weighted by atomic mass is 9.83. The monoisotopic (exact) mass is 346 g/mol. The normalized spacial score (nSPS) is 23.4. The van der Waals surface area contributed by atoms with Crippen molar-refractivity contribution in [1.82, 2.24) is 10.2 Å². The van der Waals surface area contributed by atoms with Gasteiger partial charge in [0, 0.05) is 38.2 Å². The number of nitrogens with one attached hydrogen (secondary N) is 1. The van der Waals surface area contributed by atoms with Crippen molar-refractivity contribution in [2.45, 2.75) is 31.7 Å². The van der Waals surface area contributed by atoms with Crippen LogP contribution >= 0.6 is 0 Å². The zero-order chi connectivity index (χ0) is 17.7. The summed E-state index contributed by atoms with van der Waals surface area (Å²) in [6, 6.07) is 10.3. The summed E-state index contributed by atoms with van der Waals surface area (Å²) in [5.74, 6) is 0.564. The second-order valence-corrected chi connectivity index (χ2v) is 7.54. The molecule has 5 heteroatoms. The SMILES string of the molecule is CC(C)(C(=O)NCC(C1CCOC1)N1CCOCC1)c1ccccc1. The Morgan fingerprint density at radius 3 is 2.56 bits per heavy atom. The third kappa shape index (κ3) is 4.40. The second kappa shape index (κ2) is 8.30. The van der Waals surface area contributed by atoms with Gasteiger partial charge in [-0.05, 0) is 25.8 Å². The summed E-state index contributed by atoms with van der Waals surface area (Å²) in [6.45, 7) is 9.66. The van der Waals surface area contributed by atoms with Gasteiger partial charge in [-0.2, -0.15) is 0 Å². The van der Waals surface area contributed by atoms with Gasteiger partial charge < -0.3 is 14.8 Å². The predicted octanol–water partition coefficient (Wildman–Crippen LogP) is 1.82. The van der Waals surface area contributed by atoms with Crippen LogP contribution in [0.2, 0.25) is 0 Å². The van der Waals surface area contributed by atoms with Crippen molar-refractivity contribution in [3.05, 3.63) is 35.9 Å². The van der Waals surface area contributed by atoms with Gasteiger partial charge >= 0.3 is 0 Å². The van der Waals surface area contributed by atoms with E-state index in [4.69, 9.17) is 9.47 Å². The number of amides is 1. The number of carbonyl (C=O) groups is 1. The zero-order valence-electron chi connectivity index (χ0n) is 15.4. The van der Waals surface area contributed by atoms with Crippen molar-refractivity contribution < 1.29 is 14.3 Å². The van der Waals surface area contributed by atoms with E-state index >= 15 is 0 Å². The molecule has 0 radical (unpaired) electrons. The van der Waals surface area contributed by atoms with Crippen molar-refractivity contribution in [2.24, 2.45) is 5.92 Å². The fourth-order valence-electron chi connectivity index (χ4n) is 3.76. The number of morpholine rings is 1. The van der Waals surface area contributed by atoms with Crippen LogP contribution in [0.15, 0.2) is 30.3 Å². The standard InChI is InChI=1S/C20H30N2O3/c1-20(2,17-6-4-3-5-7-17)19(23)21-14-18(16-8-11-25-15-16)22-9-12-24-13-10-22/h3-7,16,18H,8-15H2,1-2H3,(H,21,23). The van der Waals surface area contributed by atoms with E-state index in [1.54, 1.807) is 0 Å². The number of hydrogen-bond donors (Lipinski definition) is 1. The molecule has 2 unspecified atom stereocenters. The quantitative estimate of drug-likeness (QED) is 0.854. The molecule has 1 aromatic rings. The molecule has 1 aromatic carbocycles. The van der Waals surface area contributed by atoms with Crippen LogP contribution in [0, 0.1) is 5.92 Å². The fourth-order valence-corrected chi connectivity index (χ4v) is 3.76. The zero-order valence-corrected chi connectivity index (χ0v) is 15.4. The minimum Gasteiger partial charge on any atom is -0.381 e. The highest BCUT2D eigenvalue weighted by Gasteiger charge is 2.34. The first-order chi connectivity index (χ1) is 12.1. The molecular weight excluding hydrogens is 316 g/mol. The van der Waals surface area contributed by atoms with E-state index < -0.39 is 5.41 Å². The maximum Gasteiger partial charge on any atom is 0.230 e. The van der Waals surface area contributed by atoms with Crippen LogP contribution in [0.3, 0.4) is 0 Å². The average Bonchev–Trinajstić information content (AvgIpc) is 3.18. The summed E-state index contributed by atoms with van der Waals surface area (Å²) in [7, 11) is 0. The predicted molar refractivity (Wildman–Crippen MR) is 97.6 cm³/mol. The first kappa shape index (κ1) is 18.4. The molecule has 2 atom stereocenters. The number of hydrogen-bond acceptors (Lipinski definition) is 4. The Hall–Kier alpha value is -1.43. The van der Waals surface area contributed by atoms with Gasteiger partial charge in [0.05, 0.1) is 25.2 Å². The largest absolute Gasteiger partial charge is 0.381 e. The number of carbonyl (C=O) groups excluding carboxylic acids is 1. The molecule has 25 heavy (non-hydrogen) atoms. The highest BCUT2D eigenvalue weighted by Crippen LogP contribution is 2.25. The van der Waals surface area contributed by atoms with Crippen LogP contribution in [0.25, 0.3) is 0 Å². The van der Waals surface area contributed by atoms with Gasteiger partial charge in [0.15, 0.2) is 0 Å². The van der Waals surface area contributed by atoms with Gasteiger partial charge in [0.2, 0.25) is 5.91 Å². The molecule has 5 nitrogen and oxygen atoms in total. The van der Waals surface area contributed by atoms with Crippen LogP contribution in [0.4, 0.5) is 0 Å². The molecule has 2 heterocycles. The Kier molecular flexibility index (Phi) is 6.10. The Balaban J connectivity index is 1.64. The fraction of sp³-hybridized carbons (Fsp3) is 0.650. The first-order valence-electron chi connectivity index (χ1n) is 9.32. The van der Waals surface area contributed by atoms with Crippen molar-refractivity contribution in [2.75, 3.05) is 46.1 Å². The van der Waals surface area contributed by atoms with Gasteiger partial charge in [-0.15, -0.1) is 0 Å². The molecule has 0 aliphatic carbocycles. The molecule has 3 rings (SSSR count). The van der Waals surface area contributed by atoms with Crippen LogP contribution in [-0.2, 0) is 19.7 Å². The highest BCUT2D eigenvalue weighted by atomic mass is 16.5. The van der Waals surface area contributed by atoms with E-state index in [-0.39, 0.29) is 5.91 Å². The van der Waals surface area contributed by atoms with E-state index in [0.717, 1.165) is 51.5 Å². The lowest BCUT2D eigenvalue weighted by molar-refractivity contribution is -0.126.